The van der Waals surface area contributed by atoms with Crippen molar-refractivity contribution >= 4 is 5.91 Å². The van der Waals surface area contributed by atoms with Gasteiger partial charge in [0.15, 0.2) is 6.10 Å². The van der Waals surface area contributed by atoms with Gasteiger partial charge in [0, 0.05) is 12.6 Å². The standard InChI is InChI=1S/C18H26N2O2/c1-13-16(17(19)21)22-18(15-10-6-3-7-11-15)20(13)12-14-8-4-2-5-9-14/h3,6-7,10-11,13-14,16,18H,2,4-5,8-9,12H2,1H3,(H2,19,21). The van der Waals surface area contributed by atoms with E-state index in [1.807, 2.05) is 18.2 Å². The van der Waals surface area contributed by atoms with E-state index < -0.39 is 6.10 Å². The lowest BCUT2D eigenvalue weighted by Gasteiger charge is -2.32. The molecule has 1 heterocycles. The Hall–Kier alpha value is -1.39. The zero-order valence-electron chi connectivity index (χ0n) is 13.3. The normalized spacial score (nSPS) is 30.5. The molecule has 4 heteroatoms. The average Bonchev–Trinajstić information content (AvgIpc) is 2.87. The molecule has 3 rings (SSSR count). The van der Waals surface area contributed by atoms with Gasteiger partial charge in [0.25, 0.3) is 0 Å². The van der Waals surface area contributed by atoms with Crippen molar-refractivity contribution in [3.63, 3.8) is 0 Å². The summed E-state index contributed by atoms with van der Waals surface area (Å²) in [6.07, 6.45) is 5.89. The van der Waals surface area contributed by atoms with Crippen LogP contribution in [0.4, 0.5) is 0 Å². The second-order valence-corrected chi connectivity index (χ2v) is 6.66. The Morgan fingerprint density at radius 1 is 1.23 bits per heavy atom. The number of benzene rings is 1. The summed E-state index contributed by atoms with van der Waals surface area (Å²) in [4.78, 5) is 14.0. The van der Waals surface area contributed by atoms with E-state index in [1.54, 1.807) is 0 Å². The van der Waals surface area contributed by atoms with Crippen molar-refractivity contribution in [2.24, 2.45) is 11.7 Å². The van der Waals surface area contributed by atoms with Crippen molar-refractivity contribution in [3.05, 3.63) is 35.9 Å². The van der Waals surface area contributed by atoms with E-state index in [2.05, 4.69) is 24.0 Å². The Balaban J connectivity index is 1.80. The Morgan fingerprint density at radius 3 is 2.55 bits per heavy atom. The van der Waals surface area contributed by atoms with E-state index in [-0.39, 0.29) is 18.2 Å². The maximum Gasteiger partial charge on any atom is 0.248 e. The van der Waals surface area contributed by atoms with E-state index in [0.717, 1.165) is 12.1 Å². The minimum Gasteiger partial charge on any atom is -0.367 e. The quantitative estimate of drug-likeness (QED) is 0.930. The lowest BCUT2D eigenvalue weighted by Crippen LogP contribution is -2.42. The Bertz CT molecular complexity index is 499. The highest BCUT2D eigenvalue weighted by Crippen LogP contribution is 2.37. The van der Waals surface area contributed by atoms with Crippen molar-refractivity contribution in [3.8, 4) is 0 Å². The lowest BCUT2D eigenvalue weighted by atomic mass is 9.88. The molecule has 120 valence electrons. The molecule has 0 spiro atoms. The summed E-state index contributed by atoms with van der Waals surface area (Å²) in [5.74, 6) is 0.345. The summed E-state index contributed by atoms with van der Waals surface area (Å²) in [5.41, 5.74) is 6.64. The largest absolute Gasteiger partial charge is 0.367 e. The van der Waals surface area contributed by atoms with E-state index in [1.165, 1.54) is 32.1 Å². The topological polar surface area (TPSA) is 55.6 Å². The summed E-state index contributed by atoms with van der Waals surface area (Å²) in [6.45, 7) is 3.05. The molecule has 2 fully saturated rings. The first-order valence-corrected chi connectivity index (χ1v) is 8.42. The summed E-state index contributed by atoms with van der Waals surface area (Å²) in [5, 5.41) is 0. The third-order valence-corrected chi connectivity index (χ3v) is 5.10. The number of hydrogen-bond donors (Lipinski definition) is 1. The Morgan fingerprint density at radius 2 is 1.91 bits per heavy atom. The lowest BCUT2D eigenvalue weighted by molar-refractivity contribution is -0.129. The molecule has 1 saturated heterocycles. The molecule has 3 unspecified atom stereocenters. The van der Waals surface area contributed by atoms with Gasteiger partial charge in [-0.3, -0.25) is 9.69 Å². The second-order valence-electron chi connectivity index (χ2n) is 6.66. The van der Waals surface area contributed by atoms with Crippen LogP contribution in [0.1, 0.15) is 50.8 Å². The van der Waals surface area contributed by atoms with E-state index >= 15 is 0 Å². The molecule has 1 amide bonds. The molecule has 0 radical (unpaired) electrons. The minimum atomic E-state index is -0.520. The molecule has 2 aliphatic rings. The van der Waals surface area contributed by atoms with Gasteiger partial charge in [-0.25, -0.2) is 0 Å². The number of amides is 1. The third kappa shape index (κ3) is 3.18. The van der Waals surface area contributed by atoms with Gasteiger partial charge in [0.2, 0.25) is 5.91 Å². The van der Waals surface area contributed by atoms with Gasteiger partial charge >= 0.3 is 0 Å². The highest BCUT2D eigenvalue weighted by atomic mass is 16.5. The van der Waals surface area contributed by atoms with Crippen LogP contribution in [-0.2, 0) is 9.53 Å². The smallest absolute Gasteiger partial charge is 0.248 e. The first-order valence-electron chi connectivity index (χ1n) is 8.42. The van der Waals surface area contributed by atoms with Crippen molar-refractivity contribution < 1.29 is 9.53 Å². The Labute approximate surface area is 132 Å². The monoisotopic (exact) mass is 302 g/mol. The van der Waals surface area contributed by atoms with Crippen LogP contribution in [-0.4, -0.2) is 29.5 Å². The molecular weight excluding hydrogens is 276 g/mol. The predicted molar refractivity (Wildman–Crippen MR) is 86.0 cm³/mol. The van der Waals surface area contributed by atoms with Crippen LogP contribution >= 0.6 is 0 Å². The fourth-order valence-corrected chi connectivity index (χ4v) is 3.84. The van der Waals surface area contributed by atoms with E-state index in [4.69, 9.17) is 10.5 Å². The van der Waals surface area contributed by atoms with Crippen LogP contribution in [0, 0.1) is 5.92 Å². The van der Waals surface area contributed by atoms with Crippen LogP contribution in [0.3, 0.4) is 0 Å². The molecular formula is C18H26N2O2. The van der Waals surface area contributed by atoms with Gasteiger partial charge in [-0.05, 0) is 31.2 Å². The highest BCUT2D eigenvalue weighted by Gasteiger charge is 2.43. The van der Waals surface area contributed by atoms with Crippen molar-refractivity contribution in [2.75, 3.05) is 6.54 Å². The number of rotatable bonds is 4. The van der Waals surface area contributed by atoms with Gasteiger partial charge in [-0.1, -0.05) is 49.6 Å². The first-order chi connectivity index (χ1) is 10.7. The van der Waals surface area contributed by atoms with Crippen LogP contribution in [0.25, 0.3) is 0 Å². The Kier molecular flexibility index (Phi) is 4.79. The van der Waals surface area contributed by atoms with Crippen LogP contribution in [0.5, 0.6) is 0 Å². The number of nitrogens with two attached hydrogens (primary N) is 1. The third-order valence-electron chi connectivity index (χ3n) is 5.10. The van der Waals surface area contributed by atoms with Crippen LogP contribution < -0.4 is 5.73 Å². The number of carbonyl (C=O) groups excluding carboxylic acids is 1. The zero-order chi connectivity index (χ0) is 15.5. The fourth-order valence-electron chi connectivity index (χ4n) is 3.84. The molecule has 4 nitrogen and oxygen atoms in total. The number of ether oxygens (including phenoxy) is 1. The number of carbonyl (C=O) groups is 1. The molecule has 3 atom stereocenters. The molecule has 1 aliphatic carbocycles. The molecule has 1 aromatic carbocycles. The predicted octanol–water partition coefficient (Wildman–Crippen LogP) is 2.84. The van der Waals surface area contributed by atoms with Crippen molar-refractivity contribution in [2.45, 2.75) is 57.4 Å². The zero-order valence-corrected chi connectivity index (χ0v) is 13.3. The SMILES string of the molecule is CC1C(C(N)=O)OC(c2ccccc2)N1CC1CCCCC1. The van der Waals surface area contributed by atoms with Crippen LogP contribution in [0.15, 0.2) is 30.3 Å². The first kappa shape index (κ1) is 15.5. The van der Waals surface area contributed by atoms with Crippen molar-refractivity contribution in [1.82, 2.24) is 4.90 Å². The molecule has 1 saturated carbocycles. The second kappa shape index (κ2) is 6.80. The molecule has 1 aromatic rings. The average molecular weight is 302 g/mol. The van der Waals surface area contributed by atoms with Crippen LogP contribution in [0.2, 0.25) is 0 Å². The van der Waals surface area contributed by atoms with Gasteiger partial charge < -0.3 is 10.5 Å². The van der Waals surface area contributed by atoms with Gasteiger partial charge in [-0.15, -0.1) is 0 Å². The molecule has 2 N–H and O–H groups in total. The number of nitrogens with zero attached hydrogens (tertiary/aromatic N) is 1. The van der Waals surface area contributed by atoms with Gasteiger partial charge in [0.05, 0.1) is 0 Å². The molecule has 0 bridgehead atoms. The summed E-state index contributed by atoms with van der Waals surface area (Å²) in [7, 11) is 0. The number of primary amides is 1. The van der Waals surface area contributed by atoms with Gasteiger partial charge in [0.1, 0.15) is 6.23 Å². The van der Waals surface area contributed by atoms with Crippen molar-refractivity contribution in [1.29, 1.82) is 0 Å². The maximum absolute atomic E-state index is 11.7. The molecule has 1 aliphatic heterocycles. The van der Waals surface area contributed by atoms with Gasteiger partial charge in [-0.2, -0.15) is 0 Å². The van der Waals surface area contributed by atoms with E-state index in [9.17, 15) is 4.79 Å². The fraction of sp³-hybridized carbons (Fsp3) is 0.611. The summed E-state index contributed by atoms with van der Waals surface area (Å²) < 4.78 is 6.03. The summed E-state index contributed by atoms with van der Waals surface area (Å²) >= 11 is 0. The minimum absolute atomic E-state index is 0.0321. The van der Waals surface area contributed by atoms with E-state index in [0.29, 0.717) is 5.92 Å². The molecule has 22 heavy (non-hydrogen) atoms. The molecule has 0 aromatic heterocycles. The highest BCUT2D eigenvalue weighted by molar-refractivity contribution is 5.80. The maximum atomic E-state index is 11.7. The number of hydrogen-bond acceptors (Lipinski definition) is 3. The summed E-state index contributed by atoms with van der Waals surface area (Å²) in [6, 6.07) is 10.2.